The summed E-state index contributed by atoms with van der Waals surface area (Å²) >= 11 is 6.90. The molecule has 1 heterocycles. The number of likely N-dealkylation sites (N-methyl/N-ethyl adjacent to an activating group) is 1. The standard InChI is InChI=1S/C14H16Br2N2O3/c1-18-12(19)4-3-11(14(18)20)17-7-8-5-9(15)13(21-2)10(16)6-8/h5-6,11,17H,3-4,7H2,1-2H3. The molecule has 114 valence electrons. The summed E-state index contributed by atoms with van der Waals surface area (Å²) in [4.78, 5) is 24.6. The van der Waals surface area contributed by atoms with Crippen LogP contribution in [0.5, 0.6) is 5.75 Å². The lowest BCUT2D eigenvalue weighted by atomic mass is 10.0. The molecule has 1 aliphatic heterocycles. The predicted molar refractivity (Wildman–Crippen MR) is 86.0 cm³/mol. The highest BCUT2D eigenvalue weighted by Gasteiger charge is 2.31. The number of ether oxygens (including phenoxy) is 1. The monoisotopic (exact) mass is 418 g/mol. The van der Waals surface area contributed by atoms with Gasteiger partial charge in [0.15, 0.2) is 0 Å². The number of benzene rings is 1. The number of likely N-dealkylation sites (tertiary alicyclic amines) is 1. The summed E-state index contributed by atoms with van der Waals surface area (Å²) in [6.07, 6.45) is 0.941. The molecule has 1 aliphatic rings. The highest BCUT2D eigenvalue weighted by molar-refractivity contribution is 9.11. The first-order valence-electron chi connectivity index (χ1n) is 6.49. The van der Waals surface area contributed by atoms with E-state index in [-0.39, 0.29) is 17.9 Å². The molecule has 0 aromatic heterocycles. The summed E-state index contributed by atoms with van der Waals surface area (Å²) in [7, 11) is 3.13. The summed E-state index contributed by atoms with van der Waals surface area (Å²) in [5.74, 6) is 0.448. The Morgan fingerprint density at radius 2 is 1.95 bits per heavy atom. The van der Waals surface area contributed by atoms with Crippen molar-refractivity contribution in [3.8, 4) is 5.75 Å². The van der Waals surface area contributed by atoms with Crippen LogP contribution in [-0.4, -0.2) is 36.9 Å². The Labute approximate surface area is 140 Å². The van der Waals surface area contributed by atoms with Gasteiger partial charge in [0.25, 0.3) is 0 Å². The number of nitrogens with zero attached hydrogens (tertiary/aromatic N) is 1. The number of carbonyl (C=O) groups is 2. The molecule has 1 aromatic rings. The molecule has 1 N–H and O–H groups in total. The maximum atomic E-state index is 12.0. The summed E-state index contributed by atoms with van der Waals surface area (Å²) in [5.41, 5.74) is 1.02. The van der Waals surface area contributed by atoms with Gasteiger partial charge in [-0.25, -0.2) is 0 Å². The molecular weight excluding hydrogens is 404 g/mol. The van der Waals surface area contributed by atoms with E-state index in [0.29, 0.717) is 19.4 Å². The largest absolute Gasteiger partial charge is 0.494 e. The van der Waals surface area contributed by atoms with Gasteiger partial charge < -0.3 is 10.1 Å². The molecular formula is C14H16Br2N2O3. The average Bonchev–Trinajstić information content (AvgIpc) is 2.44. The third-order valence-electron chi connectivity index (χ3n) is 3.46. The number of amides is 2. The molecule has 0 radical (unpaired) electrons. The lowest BCUT2D eigenvalue weighted by molar-refractivity contribution is -0.148. The van der Waals surface area contributed by atoms with Crippen molar-refractivity contribution in [2.24, 2.45) is 0 Å². The highest BCUT2D eigenvalue weighted by Crippen LogP contribution is 2.34. The second-order valence-corrected chi connectivity index (χ2v) is 6.56. The van der Waals surface area contributed by atoms with Gasteiger partial charge in [-0.15, -0.1) is 0 Å². The van der Waals surface area contributed by atoms with Gasteiger partial charge in [-0.05, 0) is 56.0 Å². The van der Waals surface area contributed by atoms with E-state index in [1.165, 1.54) is 11.9 Å². The predicted octanol–water partition coefficient (Wildman–Crippen LogP) is 2.46. The number of hydrogen-bond donors (Lipinski definition) is 1. The second-order valence-electron chi connectivity index (χ2n) is 4.86. The number of piperidine rings is 1. The summed E-state index contributed by atoms with van der Waals surface area (Å²) in [6, 6.07) is 3.57. The smallest absolute Gasteiger partial charge is 0.246 e. The lowest BCUT2D eigenvalue weighted by Crippen LogP contribution is -2.51. The van der Waals surface area contributed by atoms with Crippen LogP contribution >= 0.6 is 31.9 Å². The van der Waals surface area contributed by atoms with Crippen LogP contribution in [-0.2, 0) is 16.1 Å². The number of carbonyl (C=O) groups excluding carboxylic acids is 2. The van der Waals surface area contributed by atoms with Crippen LogP contribution in [0.2, 0.25) is 0 Å². The molecule has 0 bridgehead atoms. The minimum atomic E-state index is -0.313. The van der Waals surface area contributed by atoms with Crippen LogP contribution in [0.25, 0.3) is 0 Å². The first-order valence-corrected chi connectivity index (χ1v) is 8.08. The number of halogens is 2. The lowest BCUT2D eigenvalue weighted by Gasteiger charge is -2.28. The van der Waals surface area contributed by atoms with Crippen molar-refractivity contribution in [1.29, 1.82) is 0 Å². The van der Waals surface area contributed by atoms with Crippen molar-refractivity contribution in [3.05, 3.63) is 26.6 Å². The number of nitrogens with one attached hydrogen (secondary N) is 1. The molecule has 1 aromatic carbocycles. The molecule has 1 unspecified atom stereocenters. The topological polar surface area (TPSA) is 58.6 Å². The Hall–Kier alpha value is -0.920. The Bertz CT molecular complexity index is 554. The van der Waals surface area contributed by atoms with Crippen molar-refractivity contribution in [3.63, 3.8) is 0 Å². The maximum Gasteiger partial charge on any atom is 0.246 e. The number of imide groups is 1. The fourth-order valence-electron chi connectivity index (χ4n) is 2.26. The van der Waals surface area contributed by atoms with E-state index in [1.54, 1.807) is 7.11 Å². The Balaban J connectivity index is 2.03. The van der Waals surface area contributed by atoms with E-state index in [1.807, 2.05) is 12.1 Å². The van der Waals surface area contributed by atoms with Gasteiger partial charge >= 0.3 is 0 Å². The zero-order chi connectivity index (χ0) is 15.6. The first kappa shape index (κ1) is 16.5. The van der Waals surface area contributed by atoms with Crippen molar-refractivity contribution in [2.75, 3.05) is 14.2 Å². The summed E-state index contributed by atoms with van der Waals surface area (Å²) < 4.78 is 6.95. The van der Waals surface area contributed by atoms with E-state index in [4.69, 9.17) is 4.74 Å². The quantitative estimate of drug-likeness (QED) is 0.761. The molecule has 0 aliphatic carbocycles. The fourth-order valence-corrected chi connectivity index (χ4v) is 3.86. The average molecular weight is 420 g/mol. The van der Waals surface area contributed by atoms with Gasteiger partial charge in [0.2, 0.25) is 11.8 Å². The summed E-state index contributed by atoms with van der Waals surface area (Å²) in [5, 5.41) is 3.20. The molecule has 0 spiro atoms. The maximum absolute atomic E-state index is 12.0. The Kier molecular flexibility index (Phi) is 5.40. The molecule has 2 rings (SSSR count). The SMILES string of the molecule is COc1c(Br)cc(CNC2CCC(=O)N(C)C2=O)cc1Br. The number of methoxy groups -OCH3 is 1. The van der Waals surface area contributed by atoms with Crippen LogP contribution in [0.15, 0.2) is 21.1 Å². The van der Waals surface area contributed by atoms with Crippen LogP contribution in [0, 0.1) is 0 Å². The molecule has 0 saturated carbocycles. The van der Waals surface area contributed by atoms with Gasteiger partial charge in [0, 0.05) is 20.0 Å². The van der Waals surface area contributed by atoms with Gasteiger partial charge in [0.1, 0.15) is 5.75 Å². The van der Waals surface area contributed by atoms with Crippen LogP contribution in [0.4, 0.5) is 0 Å². The van der Waals surface area contributed by atoms with Crippen molar-refractivity contribution in [2.45, 2.75) is 25.4 Å². The molecule has 1 fully saturated rings. The van der Waals surface area contributed by atoms with Gasteiger partial charge in [0.05, 0.1) is 22.1 Å². The zero-order valence-electron chi connectivity index (χ0n) is 11.8. The van der Waals surface area contributed by atoms with Crippen molar-refractivity contribution >= 4 is 43.7 Å². The number of rotatable bonds is 4. The Morgan fingerprint density at radius 3 is 2.52 bits per heavy atom. The third kappa shape index (κ3) is 3.64. The van der Waals surface area contributed by atoms with E-state index < -0.39 is 0 Å². The van der Waals surface area contributed by atoms with E-state index in [0.717, 1.165) is 20.3 Å². The van der Waals surface area contributed by atoms with E-state index in [9.17, 15) is 9.59 Å². The zero-order valence-corrected chi connectivity index (χ0v) is 15.0. The second kappa shape index (κ2) is 6.89. The van der Waals surface area contributed by atoms with E-state index in [2.05, 4.69) is 37.2 Å². The van der Waals surface area contributed by atoms with Crippen molar-refractivity contribution < 1.29 is 14.3 Å². The minimum absolute atomic E-state index is 0.118. The van der Waals surface area contributed by atoms with Crippen LogP contribution < -0.4 is 10.1 Å². The highest BCUT2D eigenvalue weighted by atomic mass is 79.9. The molecule has 1 saturated heterocycles. The normalized spacial score (nSPS) is 19.0. The van der Waals surface area contributed by atoms with Gasteiger partial charge in [-0.3, -0.25) is 14.5 Å². The molecule has 21 heavy (non-hydrogen) atoms. The Morgan fingerprint density at radius 1 is 1.33 bits per heavy atom. The first-order chi connectivity index (χ1) is 9.93. The molecule has 7 heteroatoms. The molecule has 5 nitrogen and oxygen atoms in total. The van der Waals surface area contributed by atoms with Gasteiger partial charge in [-0.2, -0.15) is 0 Å². The summed E-state index contributed by atoms with van der Waals surface area (Å²) in [6.45, 7) is 0.541. The van der Waals surface area contributed by atoms with Crippen LogP contribution in [0.3, 0.4) is 0 Å². The molecule has 2 amide bonds. The van der Waals surface area contributed by atoms with Crippen molar-refractivity contribution in [1.82, 2.24) is 10.2 Å². The third-order valence-corrected chi connectivity index (χ3v) is 4.64. The van der Waals surface area contributed by atoms with Gasteiger partial charge in [-0.1, -0.05) is 0 Å². The van der Waals surface area contributed by atoms with Crippen LogP contribution in [0.1, 0.15) is 18.4 Å². The minimum Gasteiger partial charge on any atom is -0.494 e. The number of hydrogen-bond acceptors (Lipinski definition) is 4. The van der Waals surface area contributed by atoms with E-state index >= 15 is 0 Å². The fraction of sp³-hybridized carbons (Fsp3) is 0.429. The molecule has 1 atom stereocenters.